The van der Waals surface area contributed by atoms with Gasteiger partial charge in [0, 0.05) is 19.2 Å². The van der Waals surface area contributed by atoms with Crippen molar-refractivity contribution in [1.82, 2.24) is 19.5 Å². The number of imidazole rings is 1. The first kappa shape index (κ1) is 17.0. The molecule has 0 bridgehead atoms. The van der Waals surface area contributed by atoms with Crippen molar-refractivity contribution in [3.8, 4) is 11.5 Å². The van der Waals surface area contributed by atoms with Gasteiger partial charge in [0.05, 0.1) is 13.4 Å². The lowest BCUT2D eigenvalue weighted by molar-refractivity contribution is 0.0272. The first-order chi connectivity index (χ1) is 12.1. The number of benzene rings is 1. The molecule has 25 heavy (non-hydrogen) atoms. The summed E-state index contributed by atoms with van der Waals surface area (Å²) in [5.74, 6) is 1.37. The molecular formula is C17H21N5O3. The highest BCUT2D eigenvalue weighted by Gasteiger charge is 2.14. The van der Waals surface area contributed by atoms with Crippen LogP contribution in [0, 0.1) is 0 Å². The number of phenols is 1. The molecule has 1 atom stereocenters. The van der Waals surface area contributed by atoms with Gasteiger partial charge in [-0.15, -0.1) is 0 Å². The first-order valence-corrected chi connectivity index (χ1v) is 8.02. The third kappa shape index (κ3) is 3.63. The number of hydrogen-bond acceptors (Lipinski definition) is 7. The van der Waals surface area contributed by atoms with E-state index >= 15 is 0 Å². The third-order valence-electron chi connectivity index (χ3n) is 3.81. The Bertz CT molecular complexity index is 865. The molecule has 0 radical (unpaired) electrons. The van der Waals surface area contributed by atoms with Gasteiger partial charge < -0.3 is 19.9 Å². The maximum Gasteiger partial charge on any atom is 0.167 e. The number of rotatable bonds is 7. The van der Waals surface area contributed by atoms with Gasteiger partial charge in [-0.3, -0.25) is 4.57 Å². The molecule has 0 aliphatic carbocycles. The molecule has 0 aliphatic rings. The van der Waals surface area contributed by atoms with Gasteiger partial charge in [0.15, 0.2) is 17.0 Å². The van der Waals surface area contributed by atoms with E-state index in [1.54, 1.807) is 25.6 Å². The highest BCUT2D eigenvalue weighted by molar-refractivity contribution is 5.82. The van der Waals surface area contributed by atoms with Crippen LogP contribution in [0.1, 0.15) is 25.6 Å². The molecule has 1 unspecified atom stereocenters. The molecular weight excluding hydrogens is 322 g/mol. The van der Waals surface area contributed by atoms with Crippen LogP contribution in [0.15, 0.2) is 30.9 Å². The van der Waals surface area contributed by atoms with Crippen molar-refractivity contribution in [2.75, 3.05) is 19.0 Å². The lowest BCUT2D eigenvalue weighted by atomic mass is 10.2. The van der Waals surface area contributed by atoms with Gasteiger partial charge in [-0.05, 0) is 31.5 Å². The Labute approximate surface area is 145 Å². The van der Waals surface area contributed by atoms with Gasteiger partial charge >= 0.3 is 0 Å². The standard InChI is InChI=1S/C17H21N5O3/c1-4-25-11(2)22-10-21-15-16(19-9-20-17(15)22)18-8-12-5-13(23)7-14(6-12)24-3/h5-7,9-11,23H,4,8H2,1-3H3,(H,18,19,20). The van der Waals surface area contributed by atoms with Gasteiger partial charge in [-0.1, -0.05) is 0 Å². The minimum atomic E-state index is -0.159. The second kappa shape index (κ2) is 7.35. The van der Waals surface area contributed by atoms with E-state index in [0.717, 1.165) is 5.56 Å². The second-order valence-electron chi connectivity index (χ2n) is 5.49. The minimum absolute atomic E-state index is 0.152. The molecule has 0 fully saturated rings. The molecule has 8 nitrogen and oxygen atoms in total. The van der Waals surface area contributed by atoms with Crippen LogP contribution in [0.5, 0.6) is 11.5 Å². The molecule has 0 saturated heterocycles. The molecule has 8 heteroatoms. The van der Waals surface area contributed by atoms with Crippen molar-refractivity contribution >= 4 is 17.0 Å². The summed E-state index contributed by atoms with van der Waals surface area (Å²) in [7, 11) is 1.56. The lowest BCUT2D eigenvalue weighted by Crippen LogP contribution is -2.09. The van der Waals surface area contributed by atoms with Crippen molar-refractivity contribution in [2.45, 2.75) is 26.6 Å². The van der Waals surface area contributed by atoms with E-state index in [2.05, 4.69) is 20.3 Å². The van der Waals surface area contributed by atoms with Gasteiger partial charge in [-0.25, -0.2) is 15.0 Å². The maximum atomic E-state index is 9.75. The molecule has 0 aliphatic heterocycles. The van der Waals surface area contributed by atoms with Crippen LogP contribution in [-0.4, -0.2) is 38.3 Å². The number of nitrogens with zero attached hydrogens (tertiary/aromatic N) is 4. The summed E-state index contributed by atoms with van der Waals surface area (Å²) in [6.45, 7) is 4.96. The monoisotopic (exact) mass is 343 g/mol. The van der Waals surface area contributed by atoms with Gasteiger partial charge in [-0.2, -0.15) is 0 Å². The summed E-state index contributed by atoms with van der Waals surface area (Å²) in [4.78, 5) is 13.0. The van der Waals surface area contributed by atoms with Crippen molar-refractivity contribution in [2.24, 2.45) is 0 Å². The summed E-state index contributed by atoms with van der Waals surface area (Å²) in [5, 5.41) is 13.0. The van der Waals surface area contributed by atoms with Crippen LogP contribution in [0.3, 0.4) is 0 Å². The predicted octanol–water partition coefficient (Wildman–Crippen LogP) is 2.71. The number of methoxy groups -OCH3 is 1. The van der Waals surface area contributed by atoms with Gasteiger partial charge in [0.25, 0.3) is 0 Å². The largest absolute Gasteiger partial charge is 0.508 e. The molecule has 132 valence electrons. The SMILES string of the molecule is CCOC(C)n1cnc2c(NCc3cc(O)cc(OC)c3)ncnc21. The Kier molecular flexibility index (Phi) is 4.99. The number of aromatic hydroxyl groups is 1. The van der Waals surface area contributed by atoms with E-state index in [-0.39, 0.29) is 12.0 Å². The highest BCUT2D eigenvalue weighted by Crippen LogP contribution is 2.24. The Morgan fingerprint density at radius 1 is 1.24 bits per heavy atom. The fourth-order valence-corrected chi connectivity index (χ4v) is 2.62. The Morgan fingerprint density at radius 3 is 2.84 bits per heavy atom. The zero-order valence-electron chi connectivity index (χ0n) is 14.4. The number of anilines is 1. The Hall–Kier alpha value is -2.87. The third-order valence-corrected chi connectivity index (χ3v) is 3.81. The first-order valence-electron chi connectivity index (χ1n) is 8.02. The fourth-order valence-electron chi connectivity index (χ4n) is 2.62. The van der Waals surface area contributed by atoms with Crippen LogP contribution in [0.2, 0.25) is 0 Å². The van der Waals surface area contributed by atoms with Crippen molar-refractivity contribution < 1.29 is 14.6 Å². The maximum absolute atomic E-state index is 9.75. The van der Waals surface area contributed by atoms with E-state index in [1.165, 1.54) is 6.33 Å². The van der Waals surface area contributed by atoms with Crippen LogP contribution in [0.25, 0.3) is 11.2 Å². The van der Waals surface area contributed by atoms with Gasteiger partial charge in [0.1, 0.15) is 24.1 Å². The van der Waals surface area contributed by atoms with E-state index < -0.39 is 0 Å². The topological polar surface area (TPSA) is 94.3 Å². The molecule has 2 heterocycles. The number of fused-ring (bicyclic) bond motifs is 1. The van der Waals surface area contributed by atoms with Crippen LogP contribution < -0.4 is 10.1 Å². The molecule has 1 aromatic carbocycles. The number of ether oxygens (including phenoxy) is 2. The predicted molar refractivity (Wildman–Crippen MR) is 93.6 cm³/mol. The van der Waals surface area contributed by atoms with Crippen molar-refractivity contribution in [3.63, 3.8) is 0 Å². The highest BCUT2D eigenvalue weighted by atomic mass is 16.5. The van der Waals surface area contributed by atoms with Crippen LogP contribution in [0.4, 0.5) is 5.82 Å². The van der Waals surface area contributed by atoms with Gasteiger partial charge in [0.2, 0.25) is 0 Å². The average molecular weight is 343 g/mol. The Morgan fingerprint density at radius 2 is 2.08 bits per heavy atom. The van der Waals surface area contributed by atoms with Crippen LogP contribution >= 0.6 is 0 Å². The lowest BCUT2D eigenvalue weighted by Gasteiger charge is -2.13. The van der Waals surface area contributed by atoms with E-state index in [9.17, 15) is 5.11 Å². The molecule has 3 aromatic rings. The summed E-state index contributed by atoms with van der Waals surface area (Å²) in [5.41, 5.74) is 2.24. The van der Waals surface area contributed by atoms with Crippen molar-refractivity contribution in [1.29, 1.82) is 0 Å². The normalized spacial score (nSPS) is 12.3. The average Bonchev–Trinajstić information content (AvgIpc) is 3.04. The number of hydrogen-bond donors (Lipinski definition) is 2. The number of aromatic nitrogens is 4. The van der Waals surface area contributed by atoms with E-state index in [0.29, 0.717) is 35.9 Å². The fraction of sp³-hybridized carbons (Fsp3) is 0.353. The Balaban J connectivity index is 1.84. The van der Waals surface area contributed by atoms with E-state index in [4.69, 9.17) is 9.47 Å². The van der Waals surface area contributed by atoms with Crippen LogP contribution in [-0.2, 0) is 11.3 Å². The number of nitrogens with one attached hydrogen (secondary N) is 1. The quantitative estimate of drug-likeness (QED) is 0.681. The molecule has 3 rings (SSSR count). The summed E-state index contributed by atoms with van der Waals surface area (Å²) in [6.07, 6.45) is 3.03. The smallest absolute Gasteiger partial charge is 0.167 e. The zero-order chi connectivity index (χ0) is 17.8. The molecule has 2 N–H and O–H groups in total. The minimum Gasteiger partial charge on any atom is -0.508 e. The number of phenolic OH excluding ortho intramolecular Hbond substituents is 1. The summed E-state index contributed by atoms with van der Waals surface area (Å²) in [6, 6.07) is 5.08. The zero-order valence-corrected chi connectivity index (χ0v) is 14.4. The van der Waals surface area contributed by atoms with Crippen molar-refractivity contribution in [3.05, 3.63) is 36.4 Å². The summed E-state index contributed by atoms with van der Waals surface area (Å²) >= 11 is 0. The molecule has 0 amide bonds. The summed E-state index contributed by atoms with van der Waals surface area (Å²) < 4.78 is 12.6. The molecule has 0 spiro atoms. The molecule has 2 aromatic heterocycles. The van der Waals surface area contributed by atoms with E-state index in [1.807, 2.05) is 24.5 Å². The second-order valence-corrected chi connectivity index (χ2v) is 5.49. The molecule has 0 saturated carbocycles.